The summed E-state index contributed by atoms with van der Waals surface area (Å²) in [6, 6.07) is 11.9. The summed E-state index contributed by atoms with van der Waals surface area (Å²) in [5.41, 5.74) is 0. The standard InChI is InChI=1S/C10H8N2Si/c1-3-7-11-9(5-1)13-10-6-2-4-8-12-10/h1-8H. The van der Waals surface area contributed by atoms with E-state index < -0.39 is 0 Å². The first-order valence-electron chi connectivity index (χ1n) is 4.04. The van der Waals surface area contributed by atoms with Gasteiger partial charge in [0.2, 0.25) is 0 Å². The molecule has 0 aliphatic heterocycles. The largest absolute Gasteiger partial charge is 0.266 e. The fourth-order valence-electron chi connectivity index (χ4n) is 1.00. The summed E-state index contributed by atoms with van der Waals surface area (Å²) in [5, 5.41) is 2.17. The van der Waals surface area contributed by atoms with Crippen LogP contribution in [0.25, 0.3) is 0 Å². The Labute approximate surface area is 79.5 Å². The van der Waals surface area contributed by atoms with Gasteiger partial charge in [0.25, 0.3) is 0 Å². The number of hydrogen-bond donors (Lipinski definition) is 0. The van der Waals surface area contributed by atoms with E-state index >= 15 is 0 Å². The van der Waals surface area contributed by atoms with Crippen LogP contribution in [0.4, 0.5) is 0 Å². The van der Waals surface area contributed by atoms with Crippen LogP contribution in [0, 0.1) is 0 Å². The molecule has 2 rings (SSSR count). The molecule has 0 N–H and O–H groups in total. The minimum absolute atomic E-state index is 0.555. The predicted octanol–water partition coefficient (Wildman–Crippen LogP) is 0.132. The van der Waals surface area contributed by atoms with Gasteiger partial charge in [-0.1, -0.05) is 12.1 Å². The van der Waals surface area contributed by atoms with Crippen molar-refractivity contribution in [3.05, 3.63) is 48.8 Å². The number of rotatable bonds is 2. The molecule has 13 heavy (non-hydrogen) atoms. The Hall–Kier alpha value is -1.48. The molecule has 2 radical (unpaired) electrons. The molecule has 0 fully saturated rings. The third-order valence-corrected chi connectivity index (χ3v) is 2.69. The lowest BCUT2D eigenvalue weighted by atomic mass is 10.5. The molecule has 0 saturated heterocycles. The van der Waals surface area contributed by atoms with Crippen LogP contribution in [0.1, 0.15) is 0 Å². The maximum Gasteiger partial charge on any atom is 0.173 e. The highest BCUT2D eigenvalue weighted by Crippen LogP contribution is 1.78. The van der Waals surface area contributed by atoms with Gasteiger partial charge in [-0.05, 0) is 24.3 Å². The van der Waals surface area contributed by atoms with E-state index in [1.165, 1.54) is 0 Å². The van der Waals surface area contributed by atoms with E-state index in [0.717, 1.165) is 10.6 Å². The van der Waals surface area contributed by atoms with E-state index in [4.69, 9.17) is 0 Å². The summed E-state index contributed by atoms with van der Waals surface area (Å²) < 4.78 is 0. The van der Waals surface area contributed by atoms with Crippen LogP contribution in [-0.4, -0.2) is 19.5 Å². The van der Waals surface area contributed by atoms with Gasteiger partial charge in [0, 0.05) is 23.0 Å². The van der Waals surface area contributed by atoms with Crippen LogP contribution in [0.3, 0.4) is 0 Å². The molecule has 0 amide bonds. The predicted molar refractivity (Wildman–Crippen MR) is 53.5 cm³/mol. The zero-order valence-electron chi connectivity index (χ0n) is 7.01. The average Bonchev–Trinajstić information content (AvgIpc) is 2.21. The molecule has 0 aliphatic rings. The zero-order valence-corrected chi connectivity index (χ0v) is 8.01. The molecule has 0 saturated carbocycles. The molecule has 62 valence electrons. The normalized spacial score (nSPS) is 9.85. The maximum atomic E-state index is 4.25. The SMILES string of the molecule is c1ccc([Si]c2ccccn2)nc1. The van der Waals surface area contributed by atoms with Crippen molar-refractivity contribution in [3.63, 3.8) is 0 Å². The van der Waals surface area contributed by atoms with Crippen molar-refractivity contribution in [2.75, 3.05) is 0 Å². The van der Waals surface area contributed by atoms with Crippen LogP contribution in [0.15, 0.2) is 48.8 Å². The van der Waals surface area contributed by atoms with Crippen molar-refractivity contribution in [1.82, 2.24) is 9.97 Å². The third-order valence-electron chi connectivity index (χ3n) is 1.59. The summed E-state index contributed by atoms with van der Waals surface area (Å²) in [4.78, 5) is 8.49. The Balaban J connectivity index is 2.16. The van der Waals surface area contributed by atoms with Gasteiger partial charge in [-0.3, -0.25) is 9.97 Å². The van der Waals surface area contributed by atoms with Gasteiger partial charge in [-0.25, -0.2) is 0 Å². The lowest BCUT2D eigenvalue weighted by Gasteiger charge is -1.96. The molecule has 0 atom stereocenters. The first-order valence-corrected chi connectivity index (χ1v) is 5.04. The second-order valence-electron chi connectivity index (χ2n) is 2.55. The van der Waals surface area contributed by atoms with Crippen molar-refractivity contribution in [3.8, 4) is 0 Å². The van der Waals surface area contributed by atoms with Gasteiger partial charge < -0.3 is 0 Å². The zero-order chi connectivity index (χ0) is 8.93. The monoisotopic (exact) mass is 184 g/mol. The van der Waals surface area contributed by atoms with Crippen molar-refractivity contribution < 1.29 is 0 Å². The summed E-state index contributed by atoms with van der Waals surface area (Å²) in [6.45, 7) is 0. The summed E-state index contributed by atoms with van der Waals surface area (Å²) in [6.07, 6.45) is 3.62. The van der Waals surface area contributed by atoms with Gasteiger partial charge in [0.05, 0.1) is 0 Å². The summed E-state index contributed by atoms with van der Waals surface area (Å²) in [7, 11) is 0.555. The summed E-state index contributed by atoms with van der Waals surface area (Å²) >= 11 is 0. The van der Waals surface area contributed by atoms with E-state index in [0.29, 0.717) is 9.52 Å². The topological polar surface area (TPSA) is 25.8 Å². The van der Waals surface area contributed by atoms with Gasteiger partial charge in [0.15, 0.2) is 9.52 Å². The van der Waals surface area contributed by atoms with E-state index in [2.05, 4.69) is 9.97 Å². The quantitative estimate of drug-likeness (QED) is 0.620. The fraction of sp³-hybridized carbons (Fsp3) is 0. The summed E-state index contributed by atoms with van der Waals surface area (Å²) in [5.74, 6) is 0. The Bertz CT molecular complexity index is 324. The highest BCUT2D eigenvalue weighted by Gasteiger charge is 1.97. The number of hydrogen-bond acceptors (Lipinski definition) is 2. The maximum absolute atomic E-state index is 4.25. The highest BCUT2D eigenvalue weighted by molar-refractivity contribution is 6.65. The Morgan fingerprint density at radius 3 is 1.69 bits per heavy atom. The molecule has 2 heterocycles. The van der Waals surface area contributed by atoms with E-state index in [-0.39, 0.29) is 0 Å². The first-order chi connectivity index (χ1) is 6.45. The smallest absolute Gasteiger partial charge is 0.173 e. The first kappa shape index (κ1) is 8.13. The van der Waals surface area contributed by atoms with Crippen molar-refractivity contribution in [2.45, 2.75) is 0 Å². The Kier molecular flexibility index (Phi) is 2.47. The van der Waals surface area contributed by atoms with Gasteiger partial charge in [0.1, 0.15) is 0 Å². The number of aromatic nitrogens is 2. The fourth-order valence-corrected chi connectivity index (χ4v) is 1.90. The van der Waals surface area contributed by atoms with Crippen molar-refractivity contribution >= 4 is 20.2 Å². The van der Waals surface area contributed by atoms with Gasteiger partial charge in [-0.15, -0.1) is 0 Å². The molecule has 0 bridgehead atoms. The van der Waals surface area contributed by atoms with E-state index in [1.54, 1.807) is 0 Å². The molecular weight excluding hydrogens is 176 g/mol. The minimum atomic E-state index is 0.555. The van der Waals surface area contributed by atoms with Crippen molar-refractivity contribution in [1.29, 1.82) is 0 Å². The average molecular weight is 184 g/mol. The number of pyridine rings is 2. The second kappa shape index (κ2) is 3.96. The van der Waals surface area contributed by atoms with Crippen LogP contribution >= 0.6 is 0 Å². The lowest BCUT2D eigenvalue weighted by molar-refractivity contribution is 1.36. The Morgan fingerprint density at radius 2 is 1.31 bits per heavy atom. The van der Waals surface area contributed by atoms with E-state index in [1.807, 2.05) is 48.8 Å². The van der Waals surface area contributed by atoms with Gasteiger partial charge in [-0.2, -0.15) is 0 Å². The highest BCUT2D eigenvalue weighted by atomic mass is 28.2. The van der Waals surface area contributed by atoms with Crippen LogP contribution < -0.4 is 10.6 Å². The number of nitrogens with zero attached hydrogens (tertiary/aromatic N) is 2. The minimum Gasteiger partial charge on any atom is -0.266 e. The molecule has 2 aromatic rings. The lowest BCUT2D eigenvalue weighted by Crippen LogP contribution is -2.30. The van der Waals surface area contributed by atoms with Crippen molar-refractivity contribution in [2.24, 2.45) is 0 Å². The molecule has 0 unspecified atom stereocenters. The molecule has 2 aromatic heterocycles. The van der Waals surface area contributed by atoms with Crippen LogP contribution in [0.5, 0.6) is 0 Å². The van der Waals surface area contributed by atoms with Gasteiger partial charge >= 0.3 is 0 Å². The molecule has 2 nitrogen and oxygen atoms in total. The second-order valence-corrected chi connectivity index (χ2v) is 3.83. The molecule has 0 aliphatic carbocycles. The molecule has 0 spiro atoms. The Morgan fingerprint density at radius 1 is 0.769 bits per heavy atom. The van der Waals surface area contributed by atoms with Crippen LogP contribution in [0.2, 0.25) is 0 Å². The molecular formula is C10H8N2Si. The molecule has 3 heteroatoms. The van der Waals surface area contributed by atoms with Crippen LogP contribution in [-0.2, 0) is 0 Å². The van der Waals surface area contributed by atoms with E-state index in [9.17, 15) is 0 Å². The molecule has 0 aromatic carbocycles. The third kappa shape index (κ3) is 2.22.